The van der Waals surface area contributed by atoms with Crippen LogP contribution in [0.25, 0.3) is 0 Å². The van der Waals surface area contributed by atoms with Crippen molar-refractivity contribution in [2.75, 3.05) is 26.4 Å². The summed E-state index contributed by atoms with van der Waals surface area (Å²) in [5.74, 6) is 0.433. The number of carbonyl (C=O) groups excluding carboxylic acids is 1. The Morgan fingerprint density at radius 2 is 1.57 bits per heavy atom. The molecule has 1 aromatic rings. The Labute approximate surface area is 140 Å². The molecule has 0 saturated heterocycles. The predicted molar refractivity (Wildman–Crippen MR) is 92.1 cm³/mol. The summed E-state index contributed by atoms with van der Waals surface area (Å²) in [5, 5.41) is 0. The molecule has 1 rings (SSSR count). The lowest BCUT2D eigenvalue weighted by Crippen LogP contribution is -2.08. The van der Waals surface area contributed by atoms with Gasteiger partial charge in [-0.2, -0.15) is 0 Å². The van der Waals surface area contributed by atoms with E-state index in [1.165, 1.54) is 32.1 Å². The van der Waals surface area contributed by atoms with Crippen LogP contribution in [-0.2, 0) is 9.47 Å². The van der Waals surface area contributed by atoms with Gasteiger partial charge < -0.3 is 14.2 Å². The Bertz CT molecular complexity index is 414. The Morgan fingerprint density at radius 1 is 0.870 bits per heavy atom. The summed E-state index contributed by atoms with van der Waals surface area (Å²) in [6.45, 7) is 6.32. The molecular weight excluding hydrogens is 292 g/mol. The molecule has 4 nitrogen and oxygen atoms in total. The molecule has 0 unspecified atom stereocenters. The zero-order valence-electron chi connectivity index (χ0n) is 14.5. The summed E-state index contributed by atoms with van der Waals surface area (Å²) < 4.78 is 16.1. The van der Waals surface area contributed by atoms with Crippen molar-refractivity contribution in [2.45, 2.75) is 52.4 Å². The van der Waals surface area contributed by atoms with E-state index in [0.29, 0.717) is 25.4 Å². The highest BCUT2D eigenvalue weighted by molar-refractivity contribution is 5.89. The van der Waals surface area contributed by atoms with Gasteiger partial charge in [0.2, 0.25) is 0 Å². The third kappa shape index (κ3) is 9.24. The zero-order chi connectivity index (χ0) is 16.8. The molecule has 0 N–H and O–H groups in total. The van der Waals surface area contributed by atoms with Gasteiger partial charge in [0.25, 0.3) is 0 Å². The van der Waals surface area contributed by atoms with E-state index < -0.39 is 0 Å². The molecule has 0 saturated carbocycles. The summed E-state index contributed by atoms with van der Waals surface area (Å²) in [4.78, 5) is 11.5. The Morgan fingerprint density at radius 3 is 2.26 bits per heavy atom. The fourth-order valence-electron chi connectivity index (χ4n) is 2.21. The lowest BCUT2D eigenvalue weighted by atomic mass is 10.1. The highest BCUT2D eigenvalue weighted by Gasteiger charge is 2.05. The lowest BCUT2D eigenvalue weighted by Gasteiger charge is -2.08. The van der Waals surface area contributed by atoms with Crippen LogP contribution in [-0.4, -0.2) is 32.4 Å². The smallest absolute Gasteiger partial charge is 0.338 e. The van der Waals surface area contributed by atoms with E-state index in [-0.39, 0.29) is 5.97 Å². The van der Waals surface area contributed by atoms with Gasteiger partial charge in [-0.15, -0.1) is 0 Å². The SMILES string of the molecule is CCCCCCCCOCCOc1ccc(C(=O)OCC)cc1. The summed E-state index contributed by atoms with van der Waals surface area (Å²) in [6.07, 6.45) is 7.63. The molecule has 0 aromatic heterocycles. The average Bonchev–Trinajstić information content (AvgIpc) is 2.57. The normalized spacial score (nSPS) is 10.5. The molecule has 0 aliphatic rings. The Balaban J connectivity index is 2.04. The second-order valence-electron chi connectivity index (χ2n) is 5.47. The van der Waals surface area contributed by atoms with Crippen molar-refractivity contribution in [3.63, 3.8) is 0 Å². The van der Waals surface area contributed by atoms with Crippen molar-refractivity contribution in [2.24, 2.45) is 0 Å². The van der Waals surface area contributed by atoms with Gasteiger partial charge in [0.05, 0.1) is 18.8 Å². The first-order chi connectivity index (χ1) is 11.3. The molecule has 0 aliphatic carbocycles. The van der Waals surface area contributed by atoms with Crippen LogP contribution in [0.15, 0.2) is 24.3 Å². The fraction of sp³-hybridized carbons (Fsp3) is 0.632. The van der Waals surface area contributed by atoms with Gasteiger partial charge in [-0.3, -0.25) is 0 Å². The number of hydrogen-bond acceptors (Lipinski definition) is 4. The summed E-state index contributed by atoms with van der Waals surface area (Å²) >= 11 is 0. The predicted octanol–water partition coefficient (Wildman–Crippen LogP) is 4.62. The van der Waals surface area contributed by atoms with E-state index in [2.05, 4.69) is 6.92 Å². The summed E-state index contributed by atoms with van der Waals surface area (Å²) in [7, 11) is 0. The third-order valence-electron chi connectivity index (χ3n) is 3.50. The van der Waals surface area contributed by atoms with Crippen molar-refractivity contribution in [1.29, 1.82) is 0 Å². The van der Waals surface area contributed by atoms with Gasteiger partial charge >= 0.3 is 5.97 Å². The van der Waals surface area contributed by atoms with E-state index in [1.807, 2.05) is 0 Å². The van der Waals surface area contributed by atoms with Crippen LogP contribution in [0.4, 0.5) is 0 Å². The molecule has 23 heavy (non-hydrogen) atoms. The van der Waals surface area contributed by atoms with Crippen LogP contribution in [0.5, 0.6) is 5.75 Å². The summed E-state index contributed by atoms with van der Waals surface area (Å²) in [6, 6.07) is 6.98. The van der Waals surface area contributed by atoms with Crippen LogP contribution in [0, 0.1) is 0 Å². The van der Waals surface area contributed by atoms with E-state index in [1.54, 1.807) is 31.2 Å². The maximum atomic E-state index is 11.5. The van der Waals surface area contributed by atoms with Gasteiger partial charge in [-0.1, -0.05) is 39.0 Å². The van der Waals surface area contributed by atoms with E-state index in [4.69, 9.17) is 14.2 Å². The van der Waals surface area contributed by atoms with E-state index >= 15 is 0 Å². The monoisotopic (exact) mass is 322 g/mol. The third-order valence-corrected chi connectivity index (χ3v) is 3.50. The second kappa shape index (κ2) is 12.9. The highest BCUT2D eigenvalue weighted by Crippen LogP contribution is 2.13. The minimum Gasteiger partial charge on any atom is -0.491 e. The molecule has 0 aliphatic heterocycles. The molecular formula is C19H30O4. The maximum Gasteiger partial charge on any atom is 0.338 e. The highest BCUT2D eigenvalue weighted by atomic mass is 16.5. The molecule has 4 heteroatoms. The van der Waals surface area contributed by atoms with Gasteiger partial charge in [0.15, 0.2) is 0 Å². The van der Waals surface area contributed by atoms with Crippen LogP contribution >= 0.6 is 0 Å². The van der Waals surface area contributed by atoms with Crippen LogP contribution in [0.3, 0.4) is 0 Å². The number of hydrogen-bond donors (Lipinski definition) is 0. The molecule has 0 amide bonds. The quantitative estimate of drug-likeness (QED) is 0.393. The standard InChI is InChI=1S/C19H30O4/c1-3-5-6-7-8-9-14-21-15-16-23-18-12-10-17(11-13-18)19(20)22-4-2/h10-13H,3-9,14-16H2,1-2H3. The maximum absolute atomic E-state index is 11.5. The van der Waals surface area contributed by atoms with E-state index in [0.717, 1.165) is 18.8 Å². The largest absolute Gasteiger partial charge is 0.491 e. The molecule has 0 spiro atoms. The first-order valence-corrected chi connectivity index (χ1v) is 8.75. The first-order valence-electron chi connectivity index (χ1n) is 8.75. The number of ether oxygens (including phenoxy) is 3. The number of carbonyl (C=O) groups is 1. The number of rotatable bonds is 13. The molecule has 0 fully saturated rings. The minimum absolute atomic E-state index is 0.304. The molecule has 130 valence electrons. The molecule has 0 bridgehead atoms. The van der Waals surface area contributed by atoms with Gasteiger partial charge in [0, 0.05) is 6.61 Å². The number of benzene rings is 1. The van der Waals surface area contributed by atoms with Gasteiger partial charge in [-0.05, 0) is 37.6 Å². The summed E-state index contributed by atoms with van der Waals surface area (Å²) in [5.41, 5.74) is 0.540. The van der Waals surface area contributed by atoms with Crippen molar-refractivity contribution in [3.8, 4) is 5.75 Å². The van der Waals surface area contributed by atoms with Crippen LogP contribution in [0.1, 0.15) is 62.7 Å². The van der Waals surface area contributed by atoms with Crippen molar-refractivity contribution >= 4 is 5.97 Å². The van der Waals surface area contributed by atoms with Gasteiger partial charge in [0.1, 0.15) is 12.4 Å². The Kier molecular flexibility index (Phi) is 11.0. The lowest BCUT2D eigenvalue weighted by molar-refractivity contribution is 0.0526. The first kappa shape index (κ1) is 19.5. The Hall–Kier alpha value is -1.55. The number of esters is 1. The molecule has 0 heterocycles. The molecule has 0 atom stereocenters. The topological polar surface area (TPSA) is 44.8 Å². The fourth-order valence-corrected chi connectivity index (χ4v) is 2.21. The molecule has 1 aromatic carbocycles. The van der Waals surface area contributed by atoms with E-state index in [9.17, 15) is 4.79 Å². The van der Waals surface area contributed by atoms with Crippen molar-refractivity contribution in [3.05, 3.63) is 29.8 Å². The van der Waals surface area contributed by atoms with Crippen molar-refractivity contribution < 1.29 is 19.0 Å². The zero-order valence-corrected chi connectivity index (χ0v) is 14.5. The minimum atomic E-state index is -0.304. The molecule has 0 radical (unpaired) electrons. The van der Waals surface area contributed by atoms with Crippen LogP contribution < -0.4 is 4.74 Å². The second-order valence-corrected chi connectivity index (χ2v) is 5.47. The van der Waals surface area contributed by atoms with Crippen molar-refractivity contribution in [1.82, 2.24) is 0 Å². The average molecular weight is 322 g/mol. The van der Waals surface area contributed by atoms with Crippen LogP contribution in [0.2, 0.25) is 0 Å². The number of unbranched alkanes of at least 4 members (excludes halogenated alkanes) is 5. The van der Waals surface area contributed by atoms with Gasteiger partial charge in [-0.25, -0.2) is 4.79 Å².